The number of rotatable bonds is 10. The lowest BCUT2D eigenvalue weighted by Crippen LogP contribution is -2.63. The van der Waals surface area contributed by atoms with Crippen molar-refractivity contribution in [3.63, 3.8) is 0 Å². The van der Waals surface area contributed by atoms with Crippen molar-refractivity contribution in [3.05, 3.63) is 42.2 Å². The van der Waals surface area contributed by atoms with Gasteiger partial charge < -0.3 is 24.6 Å². The van der Waals surface area contributed by atoms with Crippen molar-refractivity contribution in [2.45, 2.75) is 63.6 Å². The van der Waals surface area contributed by atoms with Gasteiger partial charge in [-0.2, -0.15) is 0 Å². The number of hydrazine groups is 2. The highest BCUT2D eigenvalue weighted by molar-refractivity contribution is 7.48. The van der Waals surface area contributed by atoms with Crippen LogP contribution in [0.15, 0.2) is 52.2 Å². The molecule has 4 unspecified atom stereocenters. The minimum absolute atomic E-state index is 0.118. The molecule has 1 saturated heterocycles. The molecule has 1 aromatic rings. The van der Waals surface area contributed by atoms with Gasteiger partial charge in [0.05, 0.1) is 25.4 Å². The second-order valence-corrected chi connectivity index (χ2v) is 12.2. The van der Waals surface area contributed by atoms with Gasteiger partial charge in [-0.3, -0.25) is 25.2 Å². The fraction of sp³-hybridized carbons (Fsp3) is 0.560. The number of carbonyl (C=O) groups excluding carboxylic acids is 1. The topological polar surface area (TPSA) is 224 Å². The molecule has 0 amide bonds. The predicted octanol–water partition coefficient (Wildman–Crippen LogP) is -0.829. The highest BCUT2D eigenvalue weighted by Gasteiger charge is 2.64. The van der Waals surface area contributed by atoms with Crippen LogP contribution in [0.25, 0.3) is 0 Å². The third-order valence-electron chi connectivity index (χ3n) is 7.87. The normalized spacial score (nSPS) is 33.3. The van der Waals surface area contributed by atoms with Gasteiger partial charge in [0, 0.05) is 0 Å². The Bertz CT molecular complexity index is 1350. The Kier molecular flexibility index (Phi) is 8.56. The van der Waals surface area contributed by atoms with Gasteiger partial charge in [0.25, 0.3) is 0 Å². The number of hydrogen-bond donors (Lipinski definition) is 6. The van der Waals surface area contributed by atoms with Gasteiger partial charge in [-0.05, 0) is 31.1 Å². The van der Waals surface area contributed by atoms with E-state index in [1.54, 1.807) is 57.2 Å². The van der Waals surface area contributed by atoms with Gasteiger partial charge >= 0.3 is 13.8 Å². The SMILES string of the molecule is CON(c1ccccc1)[C@H](C(=O)OP(=O)(O)OC1N(N)C2=CC13C(=NC=NC3C)N([C@@H]1O[C@H](CO)[C@@H](O)[C@H]1O)N2)C(C)C. The van der Waals surface area contributed by atoms with E-state index in [0.29, 0.717) is 5.69 Å². The van der Waals surface area contributed by atoms with Crippen molar-refractivity contribution in [2.75, 3.05) is 18.8 Å². The molecule has 1 fully saturated rings. The second kappa shape index (κ2) is 11.8. The Hall–Kier alpha value is -3.12. The number of phosphoric acid groups is 1. The lowest BCUT2D eigenvalue weighted by Gasteiger charge is -2.45. The van der Waals surface area contributed by atoms with Crippen LogP contribution in [0.1, 0.15) is 20.8 Å². The van der Waals surface area contributed by atoms with E-state index < -0.39 is 74.6 Å². The molecule has 9 atom stereocenters. The zero-order valence-electron chi connectivity index (χ0n) is 23.9. The summed E-state index contributed by atoms with van der Waals surface area (Å²) in [5.74, 6) is 5.12. The summed E-state index contributed by atoms with van der Waals surface area (Å²) in [7, 11) is -3.83. The van der Waals surface area contributed by atoms with Crippen LogP contribution < -0.4 is 16.3 Å². The first-order valence-corrected chi connectivity index (χ1v) is 15.0. The Labute approximate surface area is 247 Å². The first-order chi connectivity index (χ1) is 20.4. The van der Waals surface area contributed by atoms with Crippen molar-refractivity contribution < 1.29 is 48.2 Å². The lowest BCUT2D eigenvalue weighted by atomic mass is 9.77. The summed E-state index contributed by atoms with van der Waals surface area (Å²) in [5.41, 5.74) is 1.99. The largest absolute Gasteiger partial charge is 0.531 e. The van der Waals surface area contributed by atoms with Gasteiger partial charge in [0.15, 0.2) is 18.5 Å². The number of nitrogens with two attached hydrogens (primary N) is 1. The van der Waals surface area contributed by atoms with Crippen LogP contribution >= 0.6 is 7.82 Å². The molecule has 0 aliphatic carbocycles. The van der Waals surface area contributed by atoms with Crippen LogP contribution in [0.3, 0.4) is 0 Å². The van der Waals surface area contributed by atoms with E-state index in [2.05, 4.69) is 15.4 Å². The monoisotopic (exact) mass is 625 g/mol. The number of aliphatic hydroxyl groups is 3. The average Bonchev–Trinajstić information content (AvgIpc) is 3.37. The van der Waals surface area contributed by atoms with Crippen LogP contribution in [0.2, 0.25) is 0 Å². The minimum atomic E-state index is -5.19. The Balaban J connectivity index is 1.42. The van der Waals surface area contributed by atoms with Gasteiger partial charge in [0.2, 0.25) is 0 Å². The molecular weight excluding hydrogens is 589 g/mol. The highest BCUT2D eigenvalue weighted by atomic mass is 31.2. The molecule has 43 heavy (non-hydrogen) atoms. The predicted molar refractivity (Wildman–Crippen MR) is 150 cm³/mol. The van der Waals surface area contributed by atoms with Gasteiger partial charge in [-0.15, -0.1) is 0 Å². The van der Waals surface area contributed by atoms with E-state index in [-0.39, 0.29) is 11.7 Å². The zero-order chi connectivity index (χ0) is 31.3. The number of hydroxylamine groups is 1. The molecule has 0 aromatic heterocycles. The summed E-state index contributed by atoms with van der Waals surface area (Å²) >= 11 is 0. The highest BCUT2D eigenvalue weighted by Crippen LogP contribution is 2.55. The maximum Gasteiger partial charge on any atom is 0.531 e. The molecule has 2 bridgehead atoms. The number of phosphoric ester groups is 1. The Morgan fingerprint density at radius 1 is 1.28 bits per heavy atom. The van der Waals surface area contributed by atoms with Gasteiger partial charge in [-0.1, -0.05) is 32.0 Å². The van der Waals surface area contributed by atoms with E-state index in [4.69, 9.17) is 24.5 Å². The fourth-order valence-electron chi connectivity index (χ4n) is 5.70. The number of aliphatic imine (C=N–C) groups is 2. The molecular formula is C25H36N7O10P. The van der Waals surface area contributed by atoms with Crippen molar-refractivity contribution >= 4 is 31.7 Å². The van der Waals surface area contributed by atoms with Crippen molar-refractivity contribution in [3.8, 4) is 0 Å². The molecule has 4 aliphatic rings. The van der Waals surface area contributed by atoms with Crippen LogP contribution in [0.5, 0.6) is 0 Å². The van der Waals surface area contributed by atoms with Crippen molar-refractivity contribution in [2.24, 2.45) is 27.2 Å². The summed E-state index contributed by atoms with van der Waals surface area (Å²) in [4.78, 5) is 38.4. The van der Waals surface area contributed by atoms with Crippen LogP contribution in [0, 0.1) is 11.3 Å². The third kappa shape index (κ3) is 5.30. The second-order valence-electron chi connectivity index (χ2n) is 10.8. The molecule has 4 heterocycles. The Morgan fingerprint density at radius 3 is 2.58 bits per heavy atom. The van der Waals surface area contributed by atoms with Crippen LogP contribution in [0.4, 0.5) is 5.69 Å². The smallest absolute Gasteiger partial charge is 0.394 e. The van der Waals surface area contributed by atoms with E-state index in [1.807, 2.05) is 0 Å². The van der Waals surface area contributed by atoms with E-state index in [9.17, 15) is 29.6 Å². The van der Waals surface area contributed by atoms with E-state index in [0.717, 1.165) is 5.01 Å². The number of nitrogens with zero attached hydrogens (tertiary/aromatic N) is 5. The lowest BCUT2D eigenvalue weighted by molar-refractivity contribution is -0.142. The van der Waals surface area contributed by atoms with Gasteiger partial charge in [-0.25, -0.2) is 34.8 Å². The maximum absolute atomic E-state index is 13.5. The number of anilines is 1. The standard InChI is InChI=1S/C25H36N7O10P/c1-13(2)18(32(39-4)15-8-6-5-7-9-15)22(36)41-43(37,38)42-24-25-10-17(30(24)26)29-31(23(25)28-12-27-14(25)3)21-20(35)19(34)16(11-33)40-21/h5-10,12-14,16,18-21,24,29,33-35H,11,26H2,1-4H3,(H,37,38)/t14?,16-,18+,19-,20-,21-,24?,25?/m1/s1. The van der Waals surface area contributed by atoms with E-state index in [1.165, 1.54) is 23.5 Å². The molecule has 7 N–H and O–H groups in total. The molecule has 4 aliphatic heterocycles. The van der Waals surface area contributed by atoms with Crippen LogP contribution in [-0.2, 0) is 28.0 Å². The number of para-hydroxylation sites is 1. The molecule has 5 rings (SSSR count). The summed E-state index contributed by atoms with van der Waals surface area (Å²) in [6, 6.07) is 6.86. The number of nitrogens with one attached hydrogen (secondary N) is 1. The van der Waals surface area contributed by atoms with Crippen LogP contribution in [-0.4, -0.2) is 105 Å². The third-order valence-corrected chi connectivity index (χ3v) is 8.75. The van der Waals surface area contributed by atoms with Gasteiger partial charge in [0.1, 0.15) is 41.7 Å². The first kappa shape index (κ1) is 31.3. The van der Waals surface area contributed by atoms with Crippen molar-refractivity contribution in [1.29, 1.82) is 0 Å². The summed E-state index contributed by atoms with van der Waals surface area (Å²) in [5, 5.41) is 34.2. The molecule has 236 valence electrons. The summed E-state index contributed by atoms with van der Waals surface area (Å²) in [6.07, 6.45) is -3.86. The summed E-state index contributed by atoms with van der Waals surface area (Å²) in [6.45, 7) is 4.57. The quantitative estimate of drug-likeness (QED) is 0.106. The molecule has 0 radical (unpaired) electrons. The number of carbonyl (C=O) groups is 1. The number of benzene rings is 1. The number of amidine groups is 1. The van der Waals surface area contributed by atoms with Crippen molar-refractivity contribution in [1.82, 2.24) is 15.4 Å². The van der Waals surface area contributed by atoms with E-state index >= 15 is 0 Å². The molecule has 1 aromatic carbocycles. The zero-order valence-corrected chi connectivity index (χ0v) is 24.8. The molecule has 17 nitrogen and oxygen atoms in total. The first-order valence-electron chi connectivity index (χ1n) is 13.5. The number of aliphatic hydroxyl groups excluding tert-OH is 3. The number of ether oxygens (including phenoxy) is 1. The summed E-state index contributed by atoms with van der Waals surface area (Å²) < 4.78 is 29.9. The number of hydrogen-bond acceptors (Lipinski definition) is 16. The molecule has 1 spiro atoms. The Morgan fingerprint density at radius 2 is 1.98 bits per heavy atom. The fourth-order valence-corrected chi connectivity index (χ4v) is 6.61. The molecule has 18 heteroatoms. The average molecular weight is 626 g/mol. The molecule has 0 saturated carbocycles. The maximum atomic E-state index is 13.5. The minimum Gasteiger partial charge on any atom is -0.394 e.